The molecule has 400 valence electrons. The van der Waals surface area contributed by atoms with Crippen LogP contribution in [0.15, 0.2) is 77.9 Å². The molecule has 3 N–H and O–H groups in total. The number of allylic oxidation sites excluding steroid dienone is 6. The van der Waals surface area contributed by atoms with Crippen LogP contribution in [-0.4, -0.2) is 131 Å². The quantitative estimate of drug-likeness (QED) is 0.123. The zero-order chi connectivity index (χ0) is 52.7. The summed E-state index contributed by atoms with van der Waals surface area (Å²) in [5.74, 6) is -8.08. The largest absolute Gasteiger partial charge is 0.460 e. The first-order chi connectivity index (χ1) is 34.3. The van der Waals surface area contributed by atoms with E-state index in [0.717, 1.165) is 17.6 Å². The zero-order valence-corrected chi connectivity index (χ0v) is 44.4. The topological polar surface area (TPSA) is 195 Å². The Kier molecular flexibility index (Phi) is 22.8. The summed E-state index contributed by atoms with van der Waals surface area (Å²) in [5, 5.41) is 34.2. The minimum absolute atomic E-state index is 0.00296. The molecule has 14 nitrogen and oxygen atoms in total. The Morgan fingerprint density at radius 2 is 1.58 bits per heavy atom. The van der Waals surface area contributed by atoms with Crippen molar-refractivity contribution in [2.24, 2.45) is 35.5 Å². The number of piperidine rings is 1. The fourth-order valence-electron chi connectivity index (χ4n) is 11.0. The second-order valence-corrected chi connectivity index (χ2v) is 21.5. The molecule has 0 aromatic heterocycles. The molecule has 14 heteroatoms. The first-order valence-electron chi connectivity index (χ1n) is 26.6. The lowest BCUT2D eigenvalue weighted by molar-refractivity contribution is -0.266. The number of carbonyl (C=O) groups excluding carboxylic acids is 5. The van der Waals surface area contributed by atoms with Gasteiger partial charge in [0.05, 0.1) is 31.0 Å². The van der Waals surface area contributed by atoms with E-state index in [-0.39, 0.29) is 54.8 Å². The molecule has 3 heterocycles. The highest BCUT2D eigenvalue weighted by molar-refractivity contribution is 6.39. The molecule has 1 unspecified atom stereocenters. The fraction of sp³-hybridized carbons (Fsp3) is 0.672. The summed E-state index contributed by atoms with van der Waals surface area (Å²) in [7, 11) is 2.95. The maximum atomic E-state index is 14.5. The molecule has 1 aromatic carbocycles. The van der Waals surface area contributed by atoms with E-state index in [9.17, 15) is 39.3 Å². The lowest BCUT2D eigenvalue weighted by Crippen LogP contribution is -2.61. The van der Waals surface area contributed by atoms with Gasteiger partial charge in [-0.1, -0.05) is 101 Å². The van der Waals surface area contributed by atoms with Gasteiger partial charge in [-0.2, -0.15) is 0 Å². The smallest absolute Gasteiger partial charge is 0.329 e. The zero-order valence-electron chi connectivity index (χ0n) is 44.4. The third kappa shape index (κ3) is 15.9. The van der Waals surface area contributed by atoms with Crippen LogP contribution < -0.4 is 0 Å². The van der Waals surface area contributed by atoms with Gasteiger partial charge in [0.15, 0.2) is 5.78 Å². The van der Waals surface area contributed by atoms with E-state index in [2.05, 4.69) is 0 Å². The van der Waals surface area contributed by atoms with Crippen molar-refractivity contribution in [2.45, 2.75) is 186 Å². The fourth-order valence-corrected chi connectivity index (χ4v) is 11.0. The number of rotatable bonds is 9. The molecule has 0 spiro atoms. The summed E-state index contributed by atoms with van der Waals surface area (Å²) >= 11 is 0. The SMILES string of the molecule is CO[C@@H]1C[C@H](C[C@@H](C)[C@@H]2CC(=O)[C@H](C)/C=C(\C)[C@@H](O)[C@@H](OC)C(=O)[C@H](C)C[C@H](C)/C=C/C=C/C=C(\C)[C@@H](OCCc3ccccc3)C[C@@H]3CC[C@@H](C)[C@@](O)(O3)C(=O)C(=O)N3CCCCC3C(=O)O2)CC[C@H]1O. The van der Waals surface area contributed by atoms with E-state index < -0.39 is 83.9 Å². The molecule has 1 amide bonds. The van der Waals surface area contributed by atoms with Crippen molar-refractivity contribution in [3.05, 3.63) is 83.5 Å². The highest BCUT2D eigenvalue weighted by Gasteiger charge is 2.53. The molecular formula is C58H85NO13. The van der Waals surface area contributed by atoms with E-state index in [1.165, 1.54) is 12.0 Å². The predicted octanol–water partition coefficient (Wildman–Crippen LogP) is 7.79. The molecule has 15 atom stereocenters. The average Bonchev–Trinajstić information content (AvgIpc) is 3.36. The van der Waals surface area contributed by atoms with Crippen LogP contribution in [0.5, 0.6) is 0 Å². The van der Waals surface area contributed by atoms with Crippen LogP contribution in [-0.2, 0) is 54.1 Å². The third-order valence-corrected chi connectivity index (χ3v) is 15.7. The van der Waals surface area contributed by atoms with Gasteiger partial charge in [-0.15, -0.1) is 0 Å². The van der Waals surface area contributed by atoms with E-state index in [1.54, 1.807) is 34.0 Å². The maximum Gasteiger partial charge on any atom is 0.329 e. The summed E-state index contributed by atoms with van der Waals surface area (Å²) < 4.78 is 30.3. The lowest BCUT2D eigenvalue weighted by Gasteiger charge is -2.43. The van der Waals surface area contributed by atoms with Crippen molar-refractivity contribution in [2.75, 3.05) is 27.4 Å². The number of aliphatic hydroxyl groups excluding tert-OH is 2. The molecule has 2 saturated heterocycles. The number of esters is 1. The summed E-state index contributed by atoms with van der Waals surface area (Å²) in [6.45, 7) is 13.2. The molecule has 4 aliphatic rings. The molecule has 1 aliphatic carbocycles. The number of hydrogen-bond donors (Lipinski definition) is 3. The van der Waals surface area contributed by atoms with E-state index in [1.807, 2.05) is 88.4 Å². The molecule has 1 saturated carbocycles. The highest BCUT2D eigenvalue weighted by Crippen LogP contribution is 2.38. The van der Waals surface area contributed by atoms with Crippen molar-refractivity contribution in [1.82, 2.24) is 4.90 Å². The first kappa shape index (κ1) is 58.7. The number of aliphatic hydroxyl groups is 3. The van der Waals surface area contributed by atoms with Gasteiger partial charge in [0.25, 0.3) is 11.7 Å². The Bertz CT molecular complexity index is 2080. The van der Waals surface area contributed by atoms with Crippen molar-refractivity contribution in [3.8, 4) is 0 Å². The van der Waals surface area contributed by atoms with Gasteiger partial charge in [-0.25, -0.2) is 4.79 Å². The van der Waals surface area contributed by atoms with Crippen molar-refractivity contribution in [3.63, 3.8) is 0 Å². The number of fused-ring (bicyclic) bond motifs is 3. The van der Waals surface area contributed by atoms with Gasteiger partial charge >= 0.3 is 5.97 Å². The second-order valence-electron chi connectivity index (χ2n) is 21.5. The number of hydrogen-bond acceptors (Lipinski definition) is 13. The van der Waals surface area contributed by atoms with Crippen LogP contribution >= 0.6 is 0 Å². The Morgan fingerprint density at radius 3 is 2.29 bits per heavy atom. The molecule has 5 rings (SSSR count). The predicted molar refractivity (Wildman–Crippen MR) is 274 cm³/mol. The van der Waals surface area contributed by atoms with Gasteiger partial charge in [0, 0.05) is 51.4 Å². The van der Waals surface area contributed by atoms with Gasteiger partial charge < -0.3 is 43.9 Å². The number of ether oxygens (including phenoxy) is 5. The van der Waals surface area contributed by atoms with Crippen LogP contribution in [0.3, 0.4) is 0 Å². The summed E-state index contributed by atoms with van der Waals surface area (Å²) in [4.78, 5) is 72.6. The van der Waals surface area contributed by atoms with Crippen molar-refractivity contribution >= 4 is 29.2 Å². The molecule has 72 heavy (non-hydrogen) atoms. The molecule has 3 aliphatic heterocycles. The lowest BCUT2D eigenvalue weighted by atomic mass is 9.78. The average molecular weight is 1000 g/mol. The van der Waals surface area contributed by atoms with Crippen LogP contribution in [0.25, 0.3) is 0 Å². The number of benzene rings is 1. The van der Waals surface area contributed by atoms with E-state index in [4.69, 9.17) is 23.7 Å². The van der Waals surface area contributed by atoms with Crippen LogP contribution in [0.1, 0.15) is 131 Å². The maximum absolute atomic E-state index is 14.5. The molecular weight excluding hydrogens is 919 g/mol. The Hall–Kier alpha value is -4.15. The number of nitrogens with zero attached hydrogens (tertiary/aromatic N) is 1. The third-order valence-electron chi connectivity index (χ3n) is 15.7. The Balaban J connectivity index is 1.48. The number of Topliss-reactive ketones (excluding diaryl/α,β-unsaturated/α-hetero) is 3. The Labute approximate surface area is 428 Å². The summed E-state index contributed by atoms with van der Waals surface area (Å²) in [6.07, 6.45) is 11.8. The molecule has 0 radical (unpaired) electrons. The van der Waals surface area contributed by atoms with Gasteiger partial charge in [0.2, 0.25) is 5.79 Å². The number of ketones is 3. The van der Waals surface area contributed by atoms with E-state index >= 15 is 0 Å². The van der Waals surface area contributed by atoms with Crippen LogP contribution in [0, 0.1) is 35.5 Å². The summed E-state index contributed by atoms with van der Waals surface area (Å²) in [5.41, 5.74) is 2.39. The first-order valence-corrected chi connectivity index (χ1v) is 26.6. The highest BCUT2D eigenvalue weighted by atomic mass is 16.6. The number of methoxy groups -OCH3 is 2. The van der Waals surface area contributed by atoms with Crippen molar-refractivity contribution < 1.29 is 63.0 Å². The monoisotopic (exact) mass is 1000 g/mol. The number of amides is 1. The molecule has 2 bridgehead atoms. The van der Waals surface area contributed by atoms with Gasteiger partial charge in [-0.05, 0) is 119 Å². The standard InChI is InChI=1S/C58H85NO13/c1-36-18-12-10-13-19-37(2)49(70-29-27-43-20-14-11-15-21-43)34-45-25-23-42(7)58(67,72-45)55(64)56(65)59-28-17-16-22-46(59)57(66)71-50(39(4)32-44-24-26-47(60)51(33-44)68-8)35-48(61)38(3)31-41(6)53(63)54(69-9)52(62)40(5)30-36/h10-15,18-21,31,36,38-40,42,44-47,49-51,53-54,60,63,67H,16-17,22-30,32-35H2,1-9H3/b13-10+,18-12+,37-19+,41-31+/t36-,38-,39-,40-,42-,44+,45+,46?,47-,49+,50+,51-,53-,54+,58-/m1/s1. The summed E-state index contributed by atoms with van der Waals surface area (Å²) in [6, 6.07) is 8.83. The molecule has 3 fully saturated rings. The van der Waals surface area contributed by atoms with Crippen LogP contribution in [0.2, 0.25) is 0 Å². The second kappa shape index (κ2) is 27.9. The number of cyclic esters (lactones) is 1. The van der Waals surface area contributed by atoms with Gasteiger partial charge in [0.1, 0.15) is 30.1 Å². The Morgan fingerprint density at radius 1 is 0.847 bits per heavy atom. The minimum Gasteiger partial charge on any atom is -0.460 e. The molecule has 1 aromatic rings. The normalized spacial score (nSPS) is 37.6. The number of carbonyl (C=O) groups is 5. The van der Waals surface area contributed by atoms with E-state index in [0.29, 0.717) is 76.4 Å². The van der Waals surface area contributed by atoms with Crippen molar-refractivity contribution in [1.29, 1.82) is 0 Å². The van der Waals surface area contributed by atoms with Gasteiger partial charge in [-0.3, -0.25) is 19.2 Å². The van der Waals surface area contributed by atoms with Crippen LogP contribution in [0.4, 0.5) is 0 Å². The minimum atomic E-state index is -2.46.